The number of aromatic nitrogens is 4. The van der Waals surface area contributed by atoms with Crippen LogP contribution < -0.4 is 15.2 Å². The summed E-state index contributed by atoms with van der Waals surface area (Å²) in [5.41, 5.74) is 5.33. The van der Waals surface area contributed by atoms with Gasteiger partial charge in [-0.05, 0) is 37.3 Å². The minimum atomic E-state index is -4.63. The van der Waals surface area contributed by atoms with Crippen molar-refractivity contribution in [1.29, 1.82) is 0 Å². The number of methoxy groups -OCH3 is 1. The zero-order valence-corrected chi connectivity index (χ0v) is 19.7. The van der Waals surface area contributed by atoms with Crippen molar-refractivity contribution in [1.82, 2.24) is 24.8 Å². The summed E-state index contributed by atoms with van der Waals surface area (Å²) in [4.78, 5) is 30.9. The second-order valence-corrected chi connectivity index (χ2v) is 8.41. The Morgan fingerprint density at radius 1 is 1.16 bits per heavy atom. The molecule has 37 heavy (non-hydrogen) atoms. The molecule has 5 rings (SSSR count). The van der Waals surface area contributed by atoms with Crippen molar-refractivity contribution in [3.05, 3.63) is 59.9 Å². The Hall–Kier alpha value is -4.26. The molecule has 2 N–H and O–H groups in total. The van der Waals surface area contributed by atoms with Gasteiger partial charge in [-0.15, -0.1) is 0 Å². The minimum absolute atomic E-state index is 0.0169. The van der Waals surface area contributed by atoms with E-state index in [1.165, 1.54) is 24.1 Å². The predicted octanol–water partition coefficient (Wildman–Crippen LogP) is 3.63. The molecule has 1 atom stereocenters. The fraction of sp³-hybridized carbons (Fsp3) is 0.292. The van der Waals surface area contributed by atoms with Crippen molar-refractivity contribution < 1.29 is 31.9 Å². The van der Waals surface area contributed by atoms with Crippen LogP contribution in [0.2, 0.25) is 0 Å². The van der Waals surface area contributed by atoms with Crippen molar-refractivity contribution in [3.8, 4) is 23.2 Å². The maximum atomic E-state index is 13.3. The molecule has 1 fully saturated rings. The van der Waals surface area contributed by atoms with Gasteiger partial charge in [0, 0.05) is 23.3 Å². The first-order valence-electron chi connectivity index (χ1n) is 11.2. The predicted molar refractivity (Wildman–Crippen MR) is 124 cm³/mol. The largest absolute Gasteiger partial charge is 0.494 e. The number of alkyl halides is 3. The van der Waals surface area contributed by atoms with Crippen LogP contribution in [0.15, 0.2) is 47.1 Å². The van der Waals surface area contributed by atoms with Crippen LogP contribution >= 0.6 is 0 Å². The number of hydrogen-bond donors (Lipinski definition) is 1. The van der Waals surface area contributed by atoms with E-state index in [1.54, 1.807) is 31.5 Å². The van der Waals surface area contributed by atoms with E-state index in [1.807, 2.05) is 0 Å². The quantitative estimate of drug-likeness (QED) is 0.410. The van der Waals surface area contributed by atoms with E-state index in [2.05, 4.69) is 19.9 Å². The highest BCUT2D eigenvalue weighted by Crippen LogP contribution is 2.37. The van der Waals surface area contributed by atoms with E-state index in [0.717, 1.165) is 6.07 Å². The fourth-order valence-corrected chi connectivity index (χ4v) is 3.93. The average Bonchev–Trinajstić information content (AvgIpc) is 3.30. The Bertz CT molecular complexity index is 1450. The zero-order chi connectivity index (χ0) is 26.3. The number of oxazole rings is 1. The van der Waals surface area contributed by atoms with Crippen molar-refractivity contribution in [2.24, 2.45) is 5.73 Å². The number of fused-ring (bicyclic) bond motifs is 1. The molecule has 0 unspecified atom stereocenters. The number of amides is 1. The Balaban J connectivity index is 1.46. The molecule has 0 saturated carbocycles. The van der Waals surface area contributed by atoms with E-state index in [0.29, 0.717) is 10.9 Å². The van der Waals surface area contributed by atoms with Crippen LogP contribution in [-0.4, -0.2) is 57.0 Å². The number of hydrogen-bond acceptors (Lipinski definition) is 9. The molecule has 1 amide bonds. The number of pyridine rings is 1. The van der Waals surface area contributed by atoms with Crippen LogP contribution in [-0.2, 0) is 6.18 Å². The number of carbonyl (C=O) groups is 1. The van der Waals surface area contributed by atoms with Gasteiger partial charge in [0.15, 0.2) is 11.5 Å². The molecule has 1 aliphatic heterocycles. The average molecular weight is 514 g/mol. The van der Waals surface area contributed by atoms with Gasteiger partial charge in [0.05, 0.1) is 26.2 Å². The van der Waals surface area contributed by atoms with Gasteiger partial charge >= 0.3 is 12.2 Å². The molecular weight excluding hydrogens is 493 g/mol. The molecule has 0 aliphatic carbocycles. The Morgan fingerprint density at radius 3 is 2.54 bits per heavy atom. The summed E-state index contributed by atoms with van der Waals surface area (Å²) in [5, 5.41) is 0.309. The van der Waals surface area contributed by atoms with Crippen LogP contribution in [0.25, 0.3) is 22.4 Å². The third-order valence-corrected chi connectivity index (χ3v) is 5.78. The second kappa shape index (κ2) is 9.32. The number of rotatable bonds is 6. The van der Waals surface area contributed by atoms with Crippen molar-refractivity contribution in [2.45, 2.75) is 25.2 Å². The van der Waals surface area contributed by atoms with E-state index in [4.69, 9.17) is 19.6 Å². The summed E-state index contributed by atoms with van der Waals surface area (Å²) in [6.45, 7) is 2.21. The number of halogens is 3. The number of ether oxygens (including phenoxy) is 2. The fourth-order valence-electron chi connectivity index (χ4n) is 3.93. The first kappa shape index (κ1) is 24.4. The van der Waals surface area contributed by atoms with Gasteiger partial charge in [0.1, 0.15) is 23.1 Å². The Kier molecular flexibility index (Phi) is 6.15. The van der Waals surface area contributed by atoms with Crippen LogP contribution in [0, 0.1) is 0 Å². The van der Waals surface area contributed by atoms with Gasteiger partial charge in [-0.1, -0.05) is 0 Å². The Labute approximate surface area is 208 Å². The maximum absolute atomic E-state index is 13.3. The third-order valence-electron chi connectivity index (χ3n) is 5.78. The summed E-state index contributed by atoms with van der Waals surface area (Å²) >= 11 is 0. The highest BCUT2D eigenvalue weighted by atomic mass is 19.4. The van der Waals surface area contributed by atoms with Crippen LogP contribution in [0.3, 0.4) is 0 Å². The Morgan fingerprint density at radius 2 is 1.89 bits per heavy atom. The lowest BCUT2D eigenvalue weighted by Gasteiger charge is -2.37. The highest BCUT2D eigenvalue weighted by molar-refractivity contribution is 5.98. The van der Waals surface area contributed by atoms with Gasteiger partial charge < -0.3 is 24.5 Å². The van der Waals surface area contributed by atoms with E-state index >= 15 is 0 Å². The molecule has 13 heteroatoms. The number of benzene rings is 1. The first-order chi connectivity index (χ1) is 17.7. The number of nitrogens with zero attached hydrogens (tertiary/aromatic N) is 5. The first-order valence-corrected chi connectivity index (χ1v) is 11.2. The zero-order valence-electron chi connectivity index (χ0n) is 19.7. The summed E-state index contributed by atoms with van der Waals surface area (Å²) in [6, 6.07) is 6.38. The molecule has 0 radical (unpaired) electrons. The topological polar surface area (TPSA) is 129 Å². The molecule has 4 aromatic rings. The van der Waals surface area contributed by atoms with E-state index in [-0.39, 0.29) is 53.8 Å². The summed E-state index contributed by atoms with van der Waals surface area (Å²) in [7, 11) is 1.33. The molecule has 4 heterocycles. The minimum Gasteiger partial charge on any atom is -0.494 e. The van der Waals surface area contributed by atoms with Crippen LogP contribution in [0.5, 0.6) is 11.8 Å². The molecule has 1 saturated heterocycles. The van der Waals surface area contributed by atoms with Crippen LogP contribution in [0.4, 0.5) is 13.2 Å². The van der Waals surface area contributed by atoms with Gasteiger partial charge in [0.25, 0.3) is 5.91 Å². The molecular formula is C24H21F3N6O4. The van der Waals surface area contributed by atoms with E-state index in [9.17, 15) is 18.0 Å². The van der Waals surface area contributed by atoms with Crippen molar-refractivity contribution in [2.75, 3.05) is 20.2 Å². The molecule has 0 spiro atoms. The van der Waals surface area contributed by atoms with Gasteiger partial charge in [-0.25, -0.2) is 19.9 Å². The maximum Gasteiger partial charge on any atom is 0.433 e. The second-order valence-electron chi connectivity index (χ2n) is 8.41. The smallest absolute Gasteiger partial charge is 0.433 e. The molecule has 3 aromatic heterocycles. The third kappa shape index (κ3) is 4.65. The standard InChI is InChI=1S/C24H21F3N6O4/c1-12(28)20-19(22(34)33-10-13(11-33)36-23-29-8-3-9-30-23)32-21(37-20)15-4-6-16(35-2)18-14(15)5-7-17(31-18)24(25,26)27/h3-9,12-13H,10-11,28H2,1-2H3/t12-/m0/s1. The van der Waals surface area contributed by atoms with Crippen LogP contribution in [0.1, 0.15) is 34.9 Å². The number of carbonyl (C=O) groups excluding carboxylic acids is 1. The summed E-state index contributed by atoms with van der Waals surface area (Å²) in [5.74, 6) is -0.0870. The lowest BCUT2D eigenvalue weighted by atomic mass is 10.1. The normalized spacial score (nSPS) is 14.9. The van der Waals surface area contributed by atoms with Crippen molar-refractivity contribution >= 4 is 16.8 Å². The number of nitrogens with two attached hydrogens (primary N) is 1. The molecule has 1 aliphatic rings. The monoisotopic (exact) mass is 514 g/mol. The van der Waals surface area contributed by atoms with E-state index < -0.39 is 23.8 Å². The molecule has 10 nitrogen and oxygen atoms in total. The lowest BCUT2D eigenvalue weighted by molar-refractivity contribution is -0.140. The lowest BCUT2D eigenvalue weighted by Crippen LogP contribution is -2.56. The SMILES string of the molecule is COc1ccc(-c2nc(C(=O)N3CC(Oc4ncccn4)C3)c([C@H](C)N)o2)c2ccc(C(F)(F)F)nc12. The summed E-state index contributed by atoms with van der Waals surface area (Å²) < 4.78 is 56.5. The van der Waals surface area contributed by atoms with Gasteiger partial charge in [0.2, 0.25) is 5.89 Å². The molecule has 1 aromatic carbocycles. The molecule has 192 valence electrons. The number of likely N-dealkylation sites (tertiary alicyclic amines) is 1. The molecule has 0 bridgehead atoms. The highest BCUT2D eigenvalue weighted by Gasteiger charge is 2.37. The summed E-state index contributed by atoms with van der Waals surface area (Å²) in [6.07, 6.45) is -1.81. The van der Waals surface area contributed by atoms with Crippen molar-refractivity contribution in [3.63, 3.8) is 0 Å². The van der Waals surface area contributed by atoms with Gasteiger partial charge in [-0.2, -0.15) is 13.2 Å². The van der Waals surface area contributed by atoms with Gasteiger partial charge in [-0.3, -0.25) is 4.79 Å².